The summed E-state index contributed by atoms with van der Waals surface area (Å²) in [5.41, 5.74) is 3.07. The van der Waals surface area contributed by atoms with E-state index in [1.165, 1.54) is 0 Å². The van der Waals surface area contributed by atoms with Crippen molar-refractivity contribution in [1.29, 1.82) is 0 Å². The van der Waals surface area contributed by atoms with Gasteiger partial charge < -0.3 is 19.7 Å². The van der Waals surface area contributed by atoms with Crippen LogP contribution in [0.1, 0.15) is 17.0 Å². The van der Waals surface area contributed by atoms with Crippen molar-refractivity contribution in [3.8, 4) is 11.5 Å². The second-order valence-electron chi connectivity index (χ2n) is 8.42. The van der Waals surface area contributed by atoms with Crippen LogP contribution in [-0.2, 0) is 9.59 Å². The van der Waals surface area contributed by atoms with Crippen molar-refractivity contribution >= 4 is 23.2 Å². The second kappa shape index (κ2) is 10.8. The minimum atomic E-state index is -0.461. The van der Waals surface area contributed by atoms with Crippen LogP contribution in [0.25, 0.3) is 0 Å². The van der Waals surface area contributed by atoms with Crippen LogP contribution < -0.4 is 19.7 Å². The summed E-state index contributed by atoms with van der Waals surface area (Å²) in [6.07, 6.45) is 0. The molecule has 4 aromatic rings. The summed E-state index contributed by atoms with van der Waals surface area (Å²) in [5, 5.41) is 3.03. The van der Waals surface area contributed by atoms with Gasteiger partial charge in [-0.05, 0) is 35.4 Å². The predicted octanol–water partition coefficient (Wildman–Crippen LogP) is 5.26. The number of ether oxygens (including phenoxy) is 2. The molecule has 0 aliphatic carbocycles. The van der Waals surface area contributed by atoms with Gasteiger partial charge in [0.2, 0.25) is 5.91 Å². The molecule has 0 saturated carbocycles. The number of benzene rings is 4. The third kappa shape index (κ3) is 5.23. The van der Waals surface area contributed by atoms with Gasteiger partial charge in [-0.1, -0.05) is 78.9 Å². The van der Waals surface area contributed by atoms with Gasteiger partial charge in [0.15, 0.2) is 6.61 Å². The summed E-state index contributed by atoms with van der Waals surface area (Å²) < 4.78 is 11.5. The molecule has 6 heteroatoms. The first-order chi connectivity index (χ1) is 17.7. The molecule has 0 spiro atoms. The van der Waals surface area contributed by atoms with Gasteiger partial charge in [0.05, 0.1) is 18.2 Å². The van der Waals surface area contributed by atoms with Crippen LogP contribution >= 0.6 is 0 Å². The molecule has 0 radical (unpaired) electrons. The van der Waals surface area contributed by atoms with E-state index in [1.807, 2.05) is 91.0 Å². The maximum Gasteiger partial charge on any atom is 0.265 e. The van der Waals surface area contributed by atoms with E-state index < -0.39 is 5.92 Å². The first-order valence-corrected chi connectivity index (χ1v) is 11.8. The van der Waals surface area contributed by atoms with Gasteiger partial charge in [0.25, 0.3) is 5.91 Å². The Kier molecular flexibility index (Phi) is 6.94. The molecule has 0 unspecified atom stereocenters. The lowest BCUT2D eigenvalue weighted by Gasteiger charge is -2.29. The molecule has 0 atom stereocenters. The summed E-state index contributed by atoms with van der Waals surface area (Å²) in [7, 11) is 0. The molecule has 1 aliphatic heterocycles. The van der Waals surface area contributed by atoms with Gasteiger partial charge in [-0.15, -0.1) is 0 Å². The van der Waals surface area contributed by atoms with Gasteiger partial charge in [-0.3, -0.25) is 9.59 Å². The molecular weight excluding hydrogens is 452 g/mol. The molecule has 2 amide bonds. The lowest BCUT2D eigenvalue weighted by atomic mass is 9.90. The number of hydrogen-bond donors (Lipinski definition) is 1. The SMILES string of the molecule is O=C(Nc1ccc2c(c1)OCC(=O)N2CCOc1ccccc1)C(c1ccccc1)c1ccccc1. The zero-order valence-electron chi connectivity index (χ0n) is 19.7. The number of carbonyl (C=O) groups is 2. The minimum absolute atomic E-state index is 0.0631. The van der Waals surface area contributed by atoms with Gasteiger partial charge >= 0.3 is 0 Å². The fraction of sp³-hybridized carbons (Fsp3) is 0.133. The van der Waals surface area contributed by atoms with Crippen molar-refractivity contribution in [2.45, 2.75) is 5.92 Å². The Bertz CT molecular complexity index is 1290. The first-order valence-electron chi connectivity index (χ1n) is 11.8. The number of carbonyl (C=O) groups excluding carboxylic acids is 2. The molecule has 1 heterocycles. The molecule has 1 aliphatic rings. The standard InChI is InChI=1S/C30H26N2O4/c33-28-21-36-27-20-24(16-17-26(27)32(28)18-19-35-25-14-8-3-9-15-25)31-30(34)29(22-10-4-1-5-11-22)23-12-6-2-7-13-23/h1-17,20,29H,18-19,21H2,(H,31,34). The highest BCUT2D eigenvalue weighted by molar-refractivity contribution is 6.00. The van der Waals surface area contributed by atoms with E-state index in [-0.39, 0.29) is 18.4 Å². The Morgan fingerprint density at radius 3 is 2.11 bits per heavy atom. The Balaban J connectivity index is 1.32. The van der Waals surface area contributed by atoms with Crippen LogP contribution in [0.3, 0.4) is 0 Å². The van der Waals surface area contributed by atoms with Gasteiger partial charge in [0.1, 0.15) is 18.1 Å². The normalized spacial score (nSPS) is 12.6. The van der Waals surface area contributed by atoms with E-state index in [9.17, 15) is 9.59 Å². The smallest absolute Gasteiger partial charge is 0.265 e. The van der Waals surface area contributed by atoms with Crippen LogP contribution in [0.4, 0.5) is 11.4 Å². The Labute approximate surface area is 210 Å². The van der Waals surface area contributed by atoms with Crippen LogP contribution in [-0.4, -0.2) is 31.6 Å². The van der Waals surface area contributed by atoms with E-state index in [0.29, 0.717) is 30.3 Å². The van der Waals surface area contributed by atoms with Crippen molar-refractivity contribution in [2.24, 2.45) is 0 Å². The number of rotatable bonds is 8. The van der Waals surface area contributed by atoms with E-state index in [1.54, 1.807) is 23.1 Å². The molecule has 1 N–H and O–H groups in total. The van der Waals surface area contributed by atoms with E-state index in [0.717, 1.165) is 16.9 Å². The van der Waals surface area contributed by atoms with Crippen LogP contribution in [0.15, 0.2) is 109 Å². The fourth-order valence-electron chi connectivity index (χ4n) is 4.30. The summed E-state index contributed by atoms with van der Waals surface area (Å²) in [6.45, 7) is 0.676. The van der Waals surface area contributed by atoms with Crippen molar-refractivity contribution < 1.29 is 19.1 Å². The zero-order chi connectivity index (χ0) is 24.7. The predicted molar refractivity (Wildman–Crippen MR) is 140 cm³/mol. The summed E-state index contributed by atoms with van der Waals surface area (Å²) in [6, 6.07) is 34.2. The highest BCUT2D eigenvalue weighted by Crippen LogP contribution is 2.35. The van der Waals surface area contributed by atoms with Crippen molar-refractivity contribution in [1.82, 2.24) is 0 Å². The highest BCUT2D eigenvalue weighted by Gasteiger charge is 2.27. The topological polar surface area (TPSA) is 67.9 Å². The van der Waals surface area contributed by atoms with Crippen molar-refractivity contribution in [3.63, 3.8) is 0 Å². The fourth-order valence-corrected chi connectivity index (χ4v) is 4.30. The number of para-hydroxylation sites is 1. The number of nitrogens with one attached hydrogen (secondary N) is 1. The number of fused-ring (bicyclic) bond motifs is 1. The maximum atomic E-state index is 13.4. The Morgan fingerprint density at radius 1 is 0.861 bits per heavy atom. The zero-order valence-corrected chi connectivity index (χ0v) is 19.7. The molecule has 180 valence electrons. The largest absolute Gasteiger partial charge is 0.492 e. The van der Waals surface area contributed by atoms with Crippen LogP contribution in [0.2, 0.25) is 0 Å². The molecule has 0 saturated heterocycles. The molecule has 36 heavy (non-hydrogen) atoms. The quantitative estimate of drug-likeness (QED) is 0.375. The van der Waals surface area contributed by atoms with Crippen molar-refractivity contribution in [2.75, 3.05) is 30.0 Å². The lowest BCUT2D eigenvalue weighted by Crippen LogP contribution is -2.41. The molecule has 6 nitrogen and oxygen atoms in total. The molecule has 0 bridgehead atoms. The van der Waals surface area contributed by atoms with Crippen LogP contribution in [0, 0.1) is 0 Å². The van der Waals surface area contributed by atoms with Gasteiger partial charge in [-0.2, -0.15) is 0 Å². The van der Waals surface area contributed by atoms with E-state index in [2.05, 4.69) is 5.32 Å². The third-order valence-corrected chi connectivity index (χ3v) is 6.03. The maximum absolute atomic E-state index is 13.4. The monoisotopic (exact) mass is 478 g/mol. The number of nitrogens with zero attached hydrogens (tertiary/aromatic N) is 1. The summed E-state index contributed by atoms with van der Waals surface area (Å²) in [4.78, 5) is 27.6. The lowest BCUT2D eigenvalue weighted by molar-refractivity contribution is -0.121. The number of hydrogen-bond acceptors (Lipinski definition) is 4. The molecule has 4 aromatic carbocycles. The average molecular weight is 479 g/mol. The molecule has 0 fully saturated rings. The third-order valence-electron chi connectivity index (χ3n) is 6.03. The minimum Gasteiger partial charge on any atom is -0.492 e. The average Bonchev–Trinajstić information content (AvgIpc) is 2.92. The first kappa shape index (κ1) is 23.2. The van der Waals surface area contributed by atoms with Crippen LogP contribution in [0.5, 0.6) is 11.5 Å². The Hall–Kier alpha value is -4.58. The van der Waals surface area contributed by atoms with E-state index in [4.69, 9.17) is 9.47 Å². The van der Waals surface area contributed by atoms with Gasteiger partial charge in [0, 0.05) is 11.8 Å². The molecule has 0 aromatic heterocycles. The van der Waals surface area contributed by atoms with Crippen molar-refractivity contribution in [3.05, 3.63) is 120 Å². The Morgan fingerprint density at radius 2 is 1.47 bits per heavy atom. The second-order valence-corrected chi connectivity index (χ2v) is 8.42. The molecular formula is C30H26N2O4. The highest BCUT2D eigenvalue weighted by atomic mass is 16.5. The van der Waals surface area contributed by atoms with Gasteiger partial charge in [-0.25, -0.2) is 0 Å². The van der Waals surface area contributed by atoms with E-state index >= 15 is 0 Å². The summed E-state index contributed by atoms with van der Waals surface area (Å²) in [5.74, 6) is 0.556. The molecule has 5 rings (SSSR count). The summed E-state index contributed by atoms with van der Waals surface area (Å²) >= 11 is 0. The number of anilines is 2. The number of amides is 2.